The Morgan fingerprint density at radius 3 is 2.07 bits per heavy atom. The standard InChI is InChI=1S/C20H23N3O5/c1-13(28-17-11-7-15(8-12-17)20(2,3)4)18(24)21-22-19(25)14-5-9-16(10-6-14)23(26)27/h5-13H,1-4H3,(H,21,24)(H,22,25)/t13-/m1/s1. The lowest BCUT2D eigenvalue weighted by Crippen LogP contribution is -2.47. The van der Waals surface area contributed by atoms with Gasteiger partial charge in [-0.05, 0) is 42.2 Å². The number of non-ortho nitro benzene ring substituents is 1. The molecular weight excluding hydrogens is 362 g/mol. The van der Waals surface area contributed by atoms with Gasteiger partial charge in [-0.3, -0.25) is 30.6 Å². The van der Waals surface area contributed by atoms with E-state index in [9.17, 15) is 19.7 Å². The maximum Gasteiger partial charge on any atom is 0.279 e. The number of nitro groups is 1. The number of hydrogen-bond acceptors (Lipinski definition) is 5. The van der Waals surface area contributed by atoms with Crippen LogP contribution in [0.5, 0.6) is 5.75 Å². The second-order valence-corrected chi connectivity index (χ2v) is 7.28. The summed E-state index contributed by atoms with van der Waals surface area (Å²) in [4.78, 5) is 34.2. The van der Waals surface area contributed by atoms with Crippen LogP contribution in [0.15, 0.2) is 48.5 Å². The molecule has 0 aliphatic heterocycles. The van der Waals surface area contributed by atoms with Crippen molar-refractivity contribution in [3.8, 4) is 5.75 Å². The van der Waals surface area contributed by atoms with Crippen LogP contribution in [0.3, 0.4) is 0 Å². The Bertz CT molecular complexity index is 855. The van der Waals surface area contributed by atoms with Crippen LogP contribution in [0.25, 0.3) is 0 Å². The lowest BCUT2D eigenvalue weighted by Gasteiger charge is -2.20. The topological polar surface area (TPSA) is 111 Å². The van der Waals surface area contributed by atoms with E-state index in [0.717, 1.165) is 5.56 Å². The fraction of sp³-hybridized carbons (Fsp3) is 0.300. The van der Waals surface area contributed by atoms with Gasteiger partial charge in [0.2, 0.25) is 0 Å². The number of hydrogen-bond donors (Lipinski definition) is 2. The molecule has 1 atom stereocenters. The molecular formula is C20H23N3O5. The van der Waals surface area contributed by atoms with Crippen LogP contribution in [0, 0.1) is 10.1 Å². The molecule has 2 aromatic carbocycles. The third-order valence-corrected chi connectivity index (χ3v) is 4.04. The van der Waals surface area contributed by atoms with E-state index in [2.05, 4.69) is 31.6 Å². The molecule has 148 valence electrons. The Morgan fingerprint density at radius 1 is 1.00 bits per heavy atom. The Labute approximate surface area is 163 Å². The lowest BCUT2D eigenvalue weighted by molar-refractivity contribution is -0.384. The number of amides is 2. The first-order chi connectivity index (χ1) is 13.1. The van der Waals surface area contributed by atoms with Gasteiger partial charge in [-0.25, -0.2) is 0 Å². The molecule has 0 radical (unpaired) electrons. The van der Waals surface area contributed by atoms with E-state index in [1.807, 2.05) is 12.1 Å². The predicted molar refractivity (Wildman–Crippen MR) is 104 cm³/mol. The number of carbonyl (C=O) groups excluding carboxylic acids is 2. The predicted octanol–water partition coefficient (Wildman–Crippen LogP) is 3.12. The highest BCUT2D eigenvalue weighted by molar-refractivity contribution is 5.95. The minimum Gasteiger partial charge on any atom is -0.481 e. The zero-order valence-corrected chi connectivity index (χ0v) is 16.2. The van der Waals surface area contributed by atoms with Gasteiger partial charge in [-0.2, -0.15) is 0 Å². The van der Waals surface area contributed by atoms with Gasteiger partial charge in [0.15, 0.2) is 6.10 Å². The summed E-state index contributed by atoms with van der Waals surface area (Å²) >= 11 is 0. The monoisotopic (exact) mass is 385 g/mol. The van der Waals surface area contributed by atoms with Gasteiger partial charge in [0.25, 0.3) is 17.5 Å². The maximum atomic E-state index is 12.1. The Balaban J connectivity index is 1.88. The van der Waals surface area contributed by atoms with Crippen molar-refractivity contribution in [2.45, 2.75) is 39.2 Å². The van der Waals surface area contributed by atoms with Crippen LogP contribution in [-0.4, -0.2) is 22.8 Å². The van der Waals surface area contributed by atoms with Crippen molar-refractivity contribution in [2.75, 3.05) is 0 Å². The number of nitrogens with one attached hydrogen (secondary N) is 2. The molecule has 0 fully saturated rings. The van der Waals surface area contributed by atoms with Crippen LogP contribution in [0.4, 0.5) is 5.69 Å². The Hall–Kier alpha value is -3.42. The maximum absolute atomic E-state index is 12.1. The zero-order valence-electron chi connectivity index (χ0n) is 16.2. The largest absolute Gasteiger partial charge is 0.481 e. The number of ether oxygens (including phenoxy) is 1. The van der Waals surface area contributed by atoms with Crippen molar-refractivity contribution in [3.05, 3.63) is 69.8 Å². The highest BCUT2D eigenvalue weighted by Gasteiger charge is 2.18. The van der Waals surface area contributed by atoms with Crippen LogP contribution in [0.2, 0.25) is 0 Å². The quantitative estimate of drug-likeness (QED) is 0.607. The van der Waals surface area contributed by atoms with E-state index in [-0.39, 0.29) is 16.7 Å². The van der Waals surface area contributed by atoms with Crippen LogP contribution < -0.4 is 15.6 Å². The van der Waals surface area contributed by atoms with Crippen LogP contribution in [-0.2, 0) is 10.2 Å². The number of nitrogens with zero attached hydrogens (tertiary/aromatic N) is 1. The SMILES string of the molecule is C[C@@H](Oc1ccc(C(C)(C)C)cc1)C(=O)NNC(=O)c1ccc([N+](=O)[O-])cc1. The zero-order chi connectivity index (χ0) is 20.9. The molecule has 0 spiro atoms. The minimum absolute atomic E-state index is 0.0175. The normalized spacial score (nSPS) is 12.0. The molecule has 0 saturated carbocycles. The van der Waals surface area contributed by atoms with E-state index in [1.165, 1.54) is 24.3 Å². The average Bonchev–Trinajstić information content (AvgIpc) is 2.65. The van der Waals surface area contributed by atoms with Gasteiger partial charge >= 0.3 is 0 Å². The molecule has 8 nitrogen and oxygen atoms in total. The molecule has 2 aromatic rings. The summed E-state index contributed by atoms with van der Waals surface area (Å²) in [7, 11) is 0. The van der Waals surface area contributed by atoms with Crippen LogP contribution >= 0.6 is 0 Å². The molecule has 0 bridgehead atoms. The second-order valence-electron chi connectivity index (χ2n) is 7.28. The van der Waals surface area contributed by atoms with E-state index in [4.69, 9.17) is 4.74 Å². The minimum atomic E-state index is -0.836. The van der Waals surface area contributed by atoms with Crippen molar-refractivity contribution in [3.63, 3.8) is 0 Å². The summed E-state index contributed by atoms with van der Waals surface area (Å²) in [5.41, 5.74) is 5.75. The molecule has 8 heteroatoms. The van der Waals surface area contributed by atoms with E-state index in [1.54, 1.807) is 19.1 Å². The first-order valence-corrected chi connectivity index (χ1v) is 8.70. The molecule has 0 saturated heterocycles. The van der Waals surface area contributed by atoms with Gasteiger partial charge in [0, 0.05) is 17.7 Å². The fourth-order valence-electron chi connectivity index (χ4n) is 2.32. The number of hydrazine groups is 1. The molecule has 0 aromatic heterocycles. The van der Waals surface area contributed by atoms with Crippen LogP contribution in [0.1, 0.15) is 43.6 Å². The highest BCUT2D eigenvalue weighted by Crippen LogP contribution is 2.24. The number of nitro benzene ring substituents is 1. The van der Waals surface area contributed by atoms with E-state index in [0.29, 0.717) is 5.75 Å². The summed E-state index contributed by atoms with van der Waals surface area (Å²) in [6, 6.07) is 12.5. The highest BCUT2D eigenvalue weighted by atomic mass is 16.6. The molecule has 2 rings (SSSR count). The van der Waals surface area contributed by atoms with Crippen molar-refractivity contribution < 1.29 is 19.2 Å². The molecule has 0 heterocycles. The number of benzene rings is 2. The van der Waals surface area contributed by atoms with Gasteiger partial charge in [-0.15, -0.1) is 0 Å². The van der Waals surface area contributed by atoms with Crippen molar-refractivity contribution in [1.29, 1.82) is 0 Å². The summed E-state index contributed by atoms with van der Waals surface area (Å²) in [6.07, 6.45) is -0.836. The first-order valence-electron chi connectivity index (χ1n) is 8.70. The van der Waals surface area contributed by atoms with Crippen molar-refractivity contribution >= 4 is 17.5 Å². The molecule has 2 N–H and O–H groups in total. The molecule has 0 aliphatic rings. The van der Waals surface area contributed by atoms with Crippen molar-refractivity contribution in [1.82, 2.24) is 10.9 Å². The third kappa shape index (κ3) is 5.54. The summed E-state index contributed by atoms with van der Waals surface area (Å²) in [6.45, 7) is 7.87. The van der Waals surface area contributed by atoms with Gasteiger partial charge in [0.1, 0.15) is 5.75 Å². The first kappa shape index (κ1) is 20.9. The second kappa shape index (κ2) is 8.51. The molecule has 2 amide bonds. The Morgan fingerprint density at radius 2 is 1.57 bits per heavy atom. The van der Waals surface area contributed by atoms with Crippen molar-refractivity contribution in [2.24, 2.45) is 0 Å². The molecule has 0 aliphatic carbocycles. The molecule has 0 unspecified atom stereocenters. The summed E-state index contributed by atoms with van der Waals surface area (Å²) in [5, 5.41) is 10.6. The number of carbonyl (C=O) groups is 2. The van der Waals surface area contributed by atoms with E-state index < -0.39 is 22.8 Å². The molecule has 28 heavy (non-hydrogen) atoms. The van der Waals surface area contributed by atoms with E-state index >= 15 is 0 Å². The summed E-state index contributed by atoms with van der Waals surface area (Å²) < 4.78 is 5.59. The third-order valence-electron chi connectivity index (χ3n) is 4.04. The van der Waals surface area contributed by atoms with Gasteiger partial charge < -0.3 is 4.74 Å². The number of rotatable bonds is 5. The fourth-order valence-corrected chi connectivity index (χ4v) is 2.32. The smallest absolute Gasteiger partial charge is 0.279 e. The van der Waals surface area contributed by atoms with Gasteiger partial charge in [0.05, 0.1) is 4.92 Å². The van der Waals surface area contributed by atoms with Gasteiger partial charge in [-0.1, -0.05) is 32.9 Å². The Kier molecular flexibility index (Phi) is 6.35. The lowest BCUT2D eigenvalue weighted by atomic mass is 9.87. The summed E-state index contributed by atoms with van der Waals surface area (Å²) in [5.74, 6) is -0.586. The average molecular weight is 385 g/mol.